The number of nitrogens with one attached hydrogen (secondary N) is 2. The van der Waals surface area contributed by atoms with Crippen LogP contribution in [0.2, 0.25) is 10.0 Å². The van der Waals surface area contributed by atoms with Crippen molar-refractivity contribution in [2.24, 2.45) is 0 Å². The molecule has 0 spiro atoms. The summed E-state index contributed by atoms with van der Waals surface area (Å²) in [7, 11) is 0. The van der Waals surface area contributed by atoms with Gasteiger partial charge in [0.05, 0.1) is 33.2 Å². The topological polar surface area (TPSA) is 66.9 Å². The molecule has 0 atom stereocenters. The fourth-order valence-electron chi connectivity index (χ4n) is 1.99. The van der Waals surface area contributed by atoms with Crippen molar-refractivity contribution >= 4 is 46.3 Å². The summed E-state index contributed by atoms with van der Waals surface area (Å²) in [6, 6.07) is 12.1. The molecule has 0 unspecified atom stereocenters. The first kappa shape index (κ1) is 16.2. The summed E-state index contributed by atoms with van der Waals surface area (Å²) in [4.78, 5) is 20.2. The minimum atomic E-state index is -0.250. The summed E-state index contributed by atoms with van der Waals surface area (Å²) in [6.45, 7) is 0. The molecule has 2 N–H and O–H groups in total. The van der Waals surface area contributed by atoms with E-state index in [4.69, 9.17) is 23.2 Å². The van der Waals surface area contributed by atoms with Gasteiger partial charge in [0, 0.05) is 12.4 Å². The first-order chi connectivity index (χ1) is 11.6. The van der Waals surface area contributed by atoms with Crippen LogP contribution in [0, 0.1) is 0 Å². The van der Waals surface area contributed by atoms with E-state index in [0.717, 1.165) is 0 Å². The van der Waals surface area contributed by atoms with Gasteiger partial charge >= 0.3 is 0 Å². The van der Waals surface area contributed by atoms with E-state index in [-0.39, 0.29) is 5.91 Å². The molecule has 0 aliphatic carbocycles. The molecule has 1 amide bonds. The van der Waals surface area contributed by atoms with Crippen LogP contribution in [0.1, 0.15) is 10.4 Å². The van der Waals surface area contributed by atoms with Crippen LogP contribution in [0.25, 0.3) is 0 Å². The van der Waals surface area contributed by atoms with Crippen LogP contribution in [0.3, 0.4) is 0 Å². The number of benzene rings is 1. The summed E-state index contributed by atoms with van der Waals surface area (Å²) in [5.74, 6) is 0.309. The largest absolute Gasteiger partial charge is 0.338 e. The Morgan fingerprint density at radius 2 is 1.75 bits per heavy atom. The van der Waals surface area contributed by atoms with Crippen LogP contribution in [0.4, 0.5) is 17.2 Å². The fraction of sp³-hybridized carbons (Fsp3) is 0. The van der Waals surface area contributed by atoms with Gasteiger partial charge in [0.25, 0.3) is 5.91 Å². The van der Waals surface area contributed by atoms with Gasteiger partial charge in [-0.2, -0.15) is 0 Å². The van der Waals surface area contributed by atoms with Crippen LogP contribution < -0.4 is 10.6 Å². The van der Waals surface area contributed by atoms with Crippen LogP contribution in [0.15, 0.2) is 61.1 Å². The second kappa shape index (κ2) is 7.29. The van der Waals surface area contributed by atoms with Crippen molar-refractivity contribution in [3.8, 4) is 0 Å². The number of halogens is 2. The highest BCUT2D eigenvalue weighted by molar-refractivity contribution is 6.39. The van der Waals surface area contributed by atoms with E-state index >= 15 is 0 Å². The number of carbonyl (C=O) groups is 1. The Hall–Kier alpha value is -2.63. The second-order valence-corrected chi connectivity index (χ2v) is 5.66. The fourth-order valence-corrected chi connectivity index (χ4v) is 2.48. The molecule has 0 radical (unpaired) electrons. The molecule has 2 heterocycles. The number of aromatic nitrogens is 2. The Labute approximate surface area is 148 Å². The lowest BCUT2D eigenvalue weighted by atomic mass is 10.2. The first-order valence-corrected chi connectivity index (χ1v) is 7.77. The average Bonchev–Trinajstić information content (AvgIpc) is 2.60. The second-order valence-electron chi connectivity index (χ2n) is 4.85. The van der Waals surface area contributed by atoms with Gasteiger partial charge in [-0.05, 0) is 36.4 Å². The number of rotatable bonds is 4. The Balaban J connectivity index is 1.71. The summed E-state index contributed by atoms with van der Waals surface area (Å²) in [6.07, 6.45) is 4.65. The third-order valence-corrected chi connectivity index (χ3v) is 3.79. The molecule has 0 bridgehead atoms. The predicted octanol–water partition coefficient (Wildman–Crippen LogP) is 4.78. The van der Waals surface area contributed by atoms with Gasteiger partial charge in [-0.3, -0.25) is 9.78 Å². The number of para-hydroxylation sites is 1. The molecule has 0 saturated carbocycles. The lowest BCUT2D eigenvalue weighted by Crippen LogP contribution is -2.12. The first-order valence-electron chi connectivity index (χ1n) is 7.02. The van der Waals surface area contributed by atoms with E-state index in [1.165, 1.54) is 6.20 Å². The van der Waals surface area contributed by atoms with E-state index in [1.54, 1.807) is 54.9 Å². The zero-order valence-corrected chi connectivity index (χ0v) is 13.8. The number of pyridine rings is 2. The van der Waals surface area contributed by atoms with Gasteiger partial charge < -0.3 is 10.6 Å². The molecule has 0 saturated heterocycles. The van der Waals surface area contributed by atoms with Crippen molar-refractivity contribution in [2.45, 2.75) is 0 Å². The molecule has 0 fully saturated rings. The van der Waals surface area contributed by atoms with Gasteiger partial charge in [0.1, 0.15) is 5.82 Å². The highest BCUT2D eigenvalue weighted by Crippen LogP contribution is 2.32. The summed E-state index contributed by atoms with van der Waals surface area (Å²) in [5, 5.41) is 6.80. The number of hydrogen-bond acceptors (Lipinski definition) is 4. The third kappa shape index (κ3) is 3.82. The van der Waals surface area contributed by atoms with Crippen molar-refractivity contribution in [3.63, 3.8) is 0 Å². The molecule has 120 valence electrons. The van der Waals surface area contributed by atoms with E-state index in [1.807, 2.05) is 0 Å². The van der Waals surface area contributed by atoms with Crippen LogP contribution in [-0.2, 0) is 0 Å². The van der Waals surface area contributed by atoms with Gasteiger partial charge in [0.2, 0.25) is 0 Å². The van der Waals surface area contributed by atoms with Crippen molar-refractivity contribution in [3.05, 3.63) is 76.7 Å². The molecule has 3 aromatic rings. The monoisotopic (exact) mass is 358 g/mol. The van der Waals surface area contributed by atoms with E-state index in [2.05, 4.69) is 20.6 Å². The van der Waals surface area contributed by atoms with E-state index in [0.29, 0.717) is 32.8 Å². The maximum absolute atomic E-state index is 12.0. The van der Waals surface area contributed by atoms with Crippen molar-refractivity contribution in [1.82, 2.24) is 9.97 Å². The molecule has 5 nitrogen and oxygen atoms in total. The maximum atomic E-state index is 12.0. The molecule has 24 heavy (non-hydrogen) atoms. The number of amides is 1. The van der Waals surface area contributed by atoms with Gasteiger partial charge in [0.15, 0.2) is 0 Å². The smallest absolute Gasteiger partial charge is 0.257 e. The quantitative estimate of drug-likeness (QED) is 0.704. The summed E-state index contributed by atoms with van der Waals surface area (Å²) in [5.41, 5.74) is 1.63. The Bertz CT molecular complexity index is 834. The van der Waals surface area contributed by atoms with Crippen LogP contribution >= 0.6 is 23.2 Å². The Kier molecular flexibility index (Phi) is 4.93. The van der Waals surface area contributed by atoms with Crippen LogP contribution in [-0.4, -0.2) is 15.9 Å². The van der Waals surface area contributed by atoms with Crippen molar-refractivity contribution in [1.29, 1.82) is 0 Å². The number of anilines is 3. The number of carbonyl (C=O) groups excluding carboxylic acids is 1. The normalized spacial score (nSPS) is 10.2. The lowest BCUT2D eigenvalue weighted by molar-refractivity contribution is 0.102. The molecule has 2 aromatic heterocycles. The predicted molar refractivity (Wildman–Crippen MR) is 96.2 cm³/mol. The molecular weight excluding hydrogens is 347 g/mol. The Morgan fingerprint density at radius 1 is 0.958 bits per heavy atom. The zero-order valence-electron chi connectivity index (χ0n) is 12.3. The summed E-state index contributed by atoms with van der Waals surface area (Å²) < 4.78 is 0. The minimum Gasteiger partial charge on any atom is -0.338 e. The molecule has 0 aliphatic heterocycles. The molecule has 0 aliphatic rings. The number of nitrogens with zero attached hydrogens (tertiary/aromatic N) is 2. The van der Waals surface area contributed by atoms with E-state index in [9.17, 15) is 4.79 Å². The maximum Gasteiger partial charge on any atom is 0.257 e. The van der Waals surface area contributed by atoms with Gasteiger partial charge in [-0.25, -0.2) is 4.98 Å². The SMILES string of the molecule is O=C(Nc1ccc(Nc2c(Cl)cccc2Cl)nc1)c1cccnc1. The van der Waals surface area contributed by atoms with Crippen molar-refractivity contribution < 1.29 is 4.79 Å². The molecule has 3 rings (SSSR count). The van der Waals surface area contributed by atoms with Gasteiger partial charge in [-0.1, -0.05) is 29.3 Å². The minimum absolute atomic E-state index is 0.250. The van der Waals surface area contributed by atoms with E-state index < -0.39 is 0 Å². The van der Waals surface area contributed by atoms with Gasteiger partial charge in [-0.15, -0.1) is 0 Å². The highest BCUT2D eigenvalue weighted by atomic mass is 35.5. The molecule has 7 heteroatoms. The standard InChI is InChI=1S/C17H12Cl2N4O/c18-13-4-1-5-14(19)16(13)23-15-7-6-12(10-21-15)22-17(24)11-3-2-8-20-9-11/h1-10H,(H,21,23)(H,22,24). The molecular formula is C17H12Cl2N4O. The summed E-state index contributed by atoms with van der Waals surface area (Å²) >= 11 is 12.2. The zero-order chi connectivity index (χ0) is 16.9. The average molecular weight is 359 g/mol. The third-order valence-electron chi connectivity index (χ3n) is 3.16. The van der Waals surface area contributed by atoms with Crippen LogP contribution in [0.5, 0.6) is 0 Å². The highest BCUT2D eigenvalue weighted by Gasteiger charge is 2.08. The van der Waals surface area contributed by atoms with Crippen molar-refractivity contribution in [2.75, 3.05) is 10.6 Å². The lowest BCUT2D eigenvalue weighted by Gasteiger charge is -2.10. The number of hydrogen-bond donors (Lipinski definition) is 2. The molecule has 1 aromatic carbocycles. The Morgan fingerprint density at radius 3 is 2.38 bits per heavy atom.